The van der Waals surface area contributed by atoms with Gasteiger partial charge in [0.2, 0.25) is 0 Å². The fourth-order valence-electron chi connectivity index (χ4n) is 4.43. The molecule has 2 aromatic carbocycles. The van der Waals surface area contributed by atoms with Crippen LogP contribution in [0.1, 0.15) is 24.6 Å². The maximum atomic E-state index is 9.81. The van der Waals surface area contributed by atoms with Crippen LogP contribution in [-0.2, 0) is 0 Å². The van der Waals surface area contributed by atoms with Gasteiger partial charge in [-0.25, -0.2) is 15.0 Å². The molecule has 0 amide bonds. The number of hydrogen-bond acceptors (Lipinski definition) is 6. The van der Waals surface area contributed by atoms with Crippen LogP contribution in [0.4, 0.5) is 17.3 Å². The number of aliphatic hydroxyl groups excluding tert-OH is 1. The van der Waals surface area contributed by atoms with E-state index in [0.29, 0.717) is 34.9 Å². The summed E-state index contributed by atoms with van der Waals surface area (Å²) in [6.07, 6.45) is 4.60. The SMILES string of the molecule is Nc1nccn2c(C3CC(O)C3)nc(-c3cc4nc(Nc5ccccc5)ccc4cc3Cl)c12. The van der Waals surface area contributed by atoms with E-state index in [9.17, 15) is 5.11 Å². The second-order valence-corrected chi connectivity index (χ2v) is 8.79. The molecule has 1 aliphatic carbocycles. The molecule has 0 aliphatic heterocycles. The van der Waals surface area contributed by atoms with Gasteiger partial charge in [0.15, 0.2) is 0 Å². The van der Waals surface area contributed by atoms with Crippen LogP contribution in [0.15, 0.2) is 67.0 Å². The van der Waals surface area contributed by atoms with Crippen molar-refractivity contribution in [3.05, 3.63) is 77.8 Å². The predicted molar refractivity (Wildman–Crippen MR) is 131 cm³/mol. The van der Waals surface area contributed by atoms with Gasteiger partial charge in [0.25, 0.3) is 0 Å². The average Bonchev–Trinajstić information content (AvgIpc) is 3.18. The Morgan fingerprint density at radius 1 is 1.06 bits per heavy atom. The molecule has 1 fully saturated rings. The average molecular weight is 457 g/mol. The molecule has 0 radical (unpaired) electrons. The molecule has 3 aromatic heterocycles. The molecule has 1 saturated carbocycles. The standard InChI is InChI=1S/C25H21ClN6O/c26-19-12-14-6-7-21(29-16-4-2-1-3-5-16)30-20(14)13-18(19)22-23-24(27)28-8-9-32(23)25(31-22)15-10-17(33)11-15/h1-9,12-13,15,17,33H,10-11H2,(H2,27,28)(H,29,30). The van der Waals surface area contributed by atoms with E-state index in [4.69, 9.17) is 27.3 Å². The Morgan fingerprint density at radius 2 is 1.88 bits per heavy atom. The number of imidazole rings is 1. The van der Waals surface area contributed by atoms with E-state index in [1.807, 2.05) is 65.2 Å². The van der Waals surface area contributed by atoms with Gasteiger partial charge in [-0.05, 0) is 49.2 Å². The summed E-state index contributed by atoms with van der Waals surface area (Å²) >= 11 is 6.73. The van der Waals surface area contributed by atoms with E-state index in [2.05, 4.69) is 10.3 Å². The van der Waals surface area contributed by atoms with E-state index in [1.165, 1.54) is 0 Å². The van der Waals surface area contributed by atoms with Gasteiger partial charge in [-0.15, -0.1) is 0 Å². The molecule has 4 N–H and O–H groups in total. The van der Waals surface area contributed by atoms with Gasteiger partial charge in [0, 0.05) is 34.9 Å². The third-order valence-corrected chi connectivity index (χ3v) is 6.48. The topological polar surface area (TPSA) is 101 Å². The largest absolute Gasteiger partial charge is 0.393 e. The van der Waals surface area contributed by atoms with Gasteiger partial charge in [-0.3, -0.25) is 4.40 Å². The van der Waals surface area contributed by atoms with Crippen molar-refractivity contribution in [1.82, 2.24) is 19.4 Å². The van der Waals surface area contributed by atoms with Crippen LogP contribution in [0.25, 0.3) is 27.7 Å². The highest BCUT2D eigenvalue weighted by atomic mass is 35.5. The van der Waals surface area contributed by atoms with E-state index >= 15 is 0 Å². The predicted octanol–water partition coefficient (Wildman–Crippen LogP) is 5.16. The summed E-state index contributed by atoms with van der Waals surface area (Å²) in [6, 6.07) is 17.7. The Balaban J connectivity index is 1.49. The van der Waals surface area contributed by atoms with E-state index in [1.54, 1.807) is 6.20 Å². The lowest BCUT2D eigenvalue weighted by Crippen LogP contribution is -2.27. The van der Waals surface area contributed by atoms with Crippen molar-refractivity contribution in [2.45, 2.75) is 24.9 Å². The number of nitrogens with two attached hydrogens (primary N) is 1. The lowest BCUT2D eigenvalue weighted by atomic mass is 9.82. The minimum atomic E-state index is -0.283. The Labute approximate surface area is 194 Å². The number of nitrogens with zero attached hydrogens (tertiary/aromatic N) is 4. The lowest BCUT2D eigenvalue weighted by Gasteiger charge is -2.30. The molecule has 0 bridgehead atoms. The summed E-state index contributed by atoms with van der Waals surface area (Å²) in [5.41, 5.74) is 10.2. The molecule has 0 saturated heterocycles. The first kappa shape index (κ1) is 20.0. The fraction of sp³-hybridized carbons (Fsp3) is 0.160. The van der Waals surface area contributed by atoms with Crippen LogP contribution < -0.4 is 11.1 Å². The maximum absolute atomic E-state index is 9.81. The van der Waals surface area contributed by atoms with Gasteiger partial charge in [0.05, 0.1) is 16.6 Å². The first-order valence-corrected chi connectivity index (χ1v) is 11.2. The van der Waals surface area contributed by atoms with Crippen molar-refractivity contribution < 1.29 is 5.11 Å². The zero-order valence-corrected chi connectivity index (χ0v) is 18.4. The Morgan fingerprint density at radius 3 is 2.67 bits per heavy atom. The minimum Gasteiger partial charge on any atom is -0.393 e. The van der Waals surface area contributed by atoms with E-state index in [0.717, 1.165) is 33.8 Å². The Kier molecular flexibility index (Phi) is 4.67. The molecule has 6 rings (SSSR count). The first-order chi connectivity index (χ1) is 16.1. The molecular formula is C25H21ClN6O. The summed E-state index contributed by atoms with van der Waals surface area (Å²) in [5, 5.41) is 14.6. The summed E-state index contributed by atoms with van der Waals surface area (Å²) in [7, 11) is 0. The van der Waals surface area contributed by atoms with Crippen LogP contribution >= 0.6 is 11.6 Å². The van der Waals surface area contributed by atoms with E-state index < -0.39 is 0 Å². The minimum absolute atomic E-state index is 0.169. The lowest BCUT2D eigenvalue weighted by molar-refractivity contribution is 0.0715. The molecule has 0 unspecified atom stereocenters. The van der Waals surface area contributed by atoms with Gasteiger partial charge >= 0.3 is 0 Å². The normalized spacial score (nSPS) is 17.9. The number of aromatic nitrogens is 4. The number of hydrogen-bond donors (Lipinski definition) is 3. The van der Waals surface area contributed by atoms with Crippen LogP contribution in [-0.4, -0.2) is 30.6 Å². The monoisotopic (exact) mass is 456 g/mol. The molecule has 164 valence electrons. The van der Waals surface area contributed by atoms with Crippen molar-refractivity contribution in [1.29, 1.82) is 0 Å². The van der Waals surface area contributed by atoms with E-state index in [-0.39, 0.29) is 12.0 Å². The maximum Gasteiger partial charge on any atom is 0.150 e. The van der Waals surface area contributed by atoms with Crippen molar-refractivity contribution >= 4 is 45.3 Å². The molecule has 1 aliphatic rings. The number of aliphatic hydroxyl groups is 1. The molecule has 3 heterocycles. The van der Waals surface area contributed by atoms with Crippen molar-refractivity contribution in [3.63, 3.8) is 0 Å². The summed E-state index contributed by atoms with van der Waals surface area (Å²) in [6.45, 7) is 0. The molecule has 33 heavy (non-hydrogen) atoms. The van der Waals surface area contributed by atoms with Gasteiger partial charge in [0.1, 0.15) is 28.7 Å². The smallest absolute Gasteiger partial charge is 0.150 e. The number of rotatable bonds is 4. The third kappa shape index (κ3) is 3.46. The van der Waals surface area contributed by atoms with Crippen LogP contribution in [0, 0.1) is 0 Å². The zero-order valence-electron chi connectivity index (χ0n) is 17.6. The number of fused-ring (bicyclic) bond motifs is 2. The third-order valence-electron chi connectivity index (χ3n) is 6.17. The van der Waals surface area contributed by atoms with Crippen LogP contribution in [0.2, 0.25) is 5.02 Å². The van der Waals surface area contributed by atoms with Crippen molar-refractivity contribution in [2.75, 3.05) is 11.1 Å². The molecular weight excluding hydrogens is 436 g/mol. The van der Waals surface area contributed by atoms with Gasteiger partial charge in [-0.1, -0.05) is 29.8 Å². The highest BCUT2D eigenvalue weighted by Crippen LogP contribution is 2.41. The second kappa shape index (κ2) is 7.72. The first-order valence-electron chi connectivity index (χ1n) is 10.8. The second-order valence-electron chi connectivity index (χ2n) is 8.38. The van der Waals surface area contributed by atoms with Crippen LogP contribution in [0.3, 0.4) is 0 Å². The molecule has 5 aromatic rings. The summed E-state index contributed by atoms with van der Waals surface area (Å²) < 4.78 is 1.97. The van der Waals surface area contributed by atoms with Crippen molar-refractivity contribution in [2.24, 2.45) is 0 Å². The number of benzene rings is 2. The number of pyridine rings is 1. The number of nitrogens with one attached hydrogen (secondary N) is 1. The zero-order chi connectivity index (χ0) is 22.5. The summed E-state index contributed by atoms with van der Waals surface area (Å²) in [5.74, 6) is 2.15. The highest BCUT2D eigenvalue weighted by molar-refractivity contribution is 6.34. The van der Waals surface area contributed by atoms with Gasteiger partial charge < -0.3 is 16.2 Å². The number of para-hydroxylation sites is 1. The van der Waals surface area contributed by atoms with Crippen LogP contribution in [0.5, 0.6) is 0 Å². The Hall–Kier alpha value is -3.68. The molecule has 0 spiro atoms. The number of anilines is 3. The molecule has 8 heteroatoms. The number of halogens is 1. The quantitative estimate of drug-likeness (QED) is 0.345. The highest BCUT2D eigenvalue weighted by Gasteiger charge is 2.33. The fourth-order valence-corrected chi connectivity index (χ4v) is 4.69. The summed E-state index contributed by atoms with van der Waals surface area (Å²) in [4.78, 5) is 14.0. The molecule has 7 nitrogen and oxygen atoms in total. The van der Waals surface area contributed by atoms with Crippen molar-refractivity contribution in [3.8, 4) is 11.3 Å². The Bertz CT molecular complexity index is 1490. The van der Waals surface area contributed by atoms with Gasteiger partial charge in [-0.2, -0.15) is 0 Å². The number of nitrogen functional groups attached to an aromatic ring is 1. The molecule has 0 atom stereocenters.